The van der Waals surface area contributed by atoms with Crippen LogP contribution < -0.4 is 5.32 Å². The third-order valence-corrected chi connectivity index (χ3v) is 4.94. The second-order valence-corrected chi connectivity index (χ2v) is 6.97. The van der Waals surface area contributed by atoms with Gasteiger partial charge in [0.15, 0.2) is 5.58 Å². The van der Waals surface area contributed by atoms with E-state index in [1.807, 2.05) is 30.3 Å². The number of nitrogens with zero attached hydrogens (tertiary/aromatic N) is 1. The normalized spacial score (nSPS) is 15.4. The number of hydrogen-bond acceptors (Lipinski definition) is 3. The summed E-state index contributed by atoms with van der Waals surface area (Å²) in [7, 11) is 0. The van der Waals surface area contributed by atoms with Crippen LogP contribution in [0.2, 0.25) is 5.02 Å². The van der Waals surface area contributed by atoms with Gasteiger partial charge in [-0.05, 0) is 49.2 Å². The number of halogens is 1. The lowest BCUT2D eigenvalue weighted by Gasteiger charge is -2.20. The Morgan fingerprint density at radius 2 is 1.96 bits per heavy atom. The molecule has 1 saturated carbocycles. The molecule has 1 fully saturated rings. The molecule has 2 aromatic carbocycles. The van der Waals surface area contributed by atoms with Crippen molar-refractivity contribution in [1.29, 1.82) is 0 Å². The van der Waals surface area contributed by atoms with Gasteiger partial charge < -0.3 is 9.73 Å². The molecule has 1 heterocycles. The molecule has 0 atom stereocenters. The summed E-state index contributed by atoms with van der Waals surface area (Å²) in [5, 5.41) is 3.66. The van der Waals surface area contributed by atoms with E-state index in [0.717, 1.165) is 42.5 Å². The van der Waals surface area contributed by atoms with Crippen LogP contribution in [-0.2, 0) is 4.79 Å². The second kappa shape index (κ2) is 6.89. The molecule has 1 amide bonds. The SMILES string of the molecule is O=C(Nc1cccc(-c2nc3cc(Cl)ccc3o2)c1)C1CCCCC1. The van der Waals surface area contributed by atoms with Crippen molar-refractivity contribution in [2.45, 2.75) is 32.1 Å². The van der Waals surface area contributed by atoms with Gasteiger partial charge in [-0.3, -0.25) is 4.79 Å². The summed E-state index contributed by atoms with van der Waals surface area (Å²) in [5.74, 6) is 0.760. The smallest absolute Gasteiger partial charge is 0.227 e. The zero-order valence-electron chi connectivity index (χ0n) is 13.8. The Morgan fingerprint density at radius 1 is 1.12 bits per heavy atom. The molecule has 4 nitrogen and oxygen atoms in total. The maximum absolute atomic E-state index is 12.4. The maximum atomic E-state index is 12.4. The highest BCUT2D eigenvalue weighted by molar-refractivity contribution is 6.31. The quantitative estimate of drug-likeness (QED) is 0.659. The lowest BCUT2D eigenvalue weighted by molar-refractivity contribution is -0.120. The topological polar surface area (TPSA) is 55.1 Å². The summed E-state index contributed by atoms with van der Waals surface area (Å²) in [4.78, 5) is 16.9. The molecular weight excluding hydrogens is 336 g/mol. The first kappa shape index (κ1) is 16.2. The fourth-order valence-corrected chi connectivity index (χ4v) is 3.53. The number of nitrogens with one attached hydrogen (secondary N) is 1. The van der Waals surface area contributed by atoms with E-state index in [9.17, 15) is 4.79 Å². The van der Waals surface area contributed by atoms with Crippen molar-refractivity contribution in [3.63, 3.8) is 0 Å². The van der Waals surface area contributed by atoms with Gasteiger partial charge in [0.2, 0.25) is 11.8 Å². The molecular formula is C20H19ClN2O2. The number of aromatic nitrogens is 1. The zero-order chi connectivity index (χ0) is 17.2. The number of oxazole rings is 1. The van der Waals surface area contributed by atoms with Crippen molar-refractivity contribution in [3.05, 3.63) is 47.5 Å². The van der Waals surface area contributed by atoms with Gasteiger partial charge in [0, 0.05) is 22.2 Å². The molecule has 1 aliphatic carbocycles. The highest BCUT2D eigenvalue weighted by Gasteiger charge is 2.21. The van der Waals surface area contributed by atoms with Gasteiger partial charge in [0.1, 0.15) is 5.52 Å². The van der Waals surface area contributed by atoms with Crippen LogP contribution in [0.5, 0.6) is 0 Å². The van der Waals surface area contributed by atoms with Crippen molar-refractivity contribution in [2.24, 2.45) is 5.92 Å². The van der Waals surface area contributed by atoms with E-state index in [0.29, 0.717) is 16.5 Å². The second-order valence-electron chi connectivity index (χ2n) is 6.54. The van der Waals surface area contributed by atoms with Gasteiger partial charge in [-0.1, -0.05) is 36.9 Å². The van der Waals surface area contributed by atoms with Crippen LogP contribution in [0.3, 0.4) is 0 Å². The van der Waals surface area contributed by atoms with Crippen molar-refractivity contribution < 1.29 is 9.21 Å². The third-order valence-electron chi connectivity index (χ3n) is 4.70. The lowest BCUT2D eigenvalue weighted by Crippen LogP contribution is -2.24. The summed E-state index contributed by atoms with van der Waals surface area (Å²) in [6, 6.07) is 13.0. The van der Waals surface area contributed by atoms with E-state index >= 15 is 0 Å². The number of anilines is 1. The van der Waals surface area contributed by atoms with E-state index < -0.39 is 0 Å². The first-order chi connectivity index (χ1) is 12.2. The lowest BCUT2D eigenvalue weighted by atomic mass is 9.88. The fraction of sp³-hybridized carbons (Fsp3) is 0.300. The largest absolute Gasteiger partial charge is 0.436 e. The standard InChI is InChI=1S/C20H19ClN2O2/c21-15-9-10-18-17(12-15)23-20(25-18)14-7-4-8-16(11-14)22-19(24)13-5-2-1-3-6-13/h4,7-13H,1-3,5-6H2,(H,22,24). The molecule has 128 valence electrons. The number of carbonyl (C=O) groups excluding carboxylic acids is 1. The first-order valence-electron chi connectivity index (χ1n) is 8.66. The highest BCUT2D eigenvalue weighted by Crippen LogP contribution is 2.29. The molecule has 1 aromatic heterocycles. The van der Waals surface area contributed by atoms with E-state index in [1.54, 1.807) is 12.1 Å². The van der Waals surface area contributed by atoms with E-state index in [-0.39, 0.29) is 11.8 Å². The summed E-state index contributed by atoms with van der Waals surface area (Å²) in [6.07, 6.45) is 5.49. The molecule has 0 aliphatic heterocycles. The van der Waals surface area contributed by atoms with Crippen molar-refractivity contribution in [1.82, 2.24) is 4.98 Å². The Balaban J connectivity index is 1.56. The molecule has 1 N–H and O–H groups in total. The third kappa shape index (κ3) is 3.54. The van der Waals surface area contributed by atoms with Gasteiger partial charge in [0.25, 0.3) is 0 Å². The van der Waals surface area contributed by atoms with E-state index in [2.05, 4.69) is 10.3 Å². The average Bonchev–Trinajstić information content (AvgIpc) is 3.06. The summed E-state index contributed by atoms with van der Waals surface area (Å²) >= 11 is 6.00. The first-order valence-corrected chi connectivity index (χ1v) is 9.04. The van der Waals surface area contributed by atoms with Gasteiger partial charge in [0.05, 0.1) is 0 Å². The molecule has 4 rings (SSSR count). The number of benzene rings is 2. The molecule has 0 saturated heterocycles. The average molecular weight is 355 g/mol. The summed E-state index contributed by atoms with van der Waals surface area (Å²) < 4.78 is 5.80. The monoisotopic (exact) mass is 354 g/mol. The highest BCUT2D eigenvalue weighted by atomic mass is 35.5. The molecule has 1 aliphatic rings. The van der Waals surface area contributed by atoms with Crippen molar-refractivity contribution in [3.8, 4) is 11.5 Å². The number of rotatable bonds is 3. The molecule has 5 heteroatoms. The molecule has 0 bridgehead atoms. The van der Waals surface area contributed by atoms with Crippen LogP contribution in [0.1, 0.15) is 32.1 Å². The summed E-state index contributed by atoms with van der Waals surface area (Å²) in [5.41, 5.74) is 3.01. The Hall–Kier alpha value is -2.33. The molecule has 3 aromatic rings. The van der Waals surface area contributed by atoms with Gasteiger partial charge >= 0.3 is 0 Å². The number of amides is 1. The number of hydrogen-bond donors (Lipinski definition) is 1. The minimum atomic E-state index is 0.112. The summed E-state index contributed by atoms with van der Waals surface area (Å²) in [6.45, 7) is 0. The molecule has 25 heavy (non-hydrogen) atoms. The van der Waals surface area contributed by atoms with Gasteiger partial charge in [-0.25, -0.2) is 4.98 Å². The predicted molar refractivity (Wildman–Crippen MR) is 99.7 cm³/mol. The van der Waals surface area contributed by atoms with Crippen LogP contribution in [0.25, 0.3) is 22.6 Å². The van der Waals surface area contributed by atoms with Crippen LogP contribution in [0.15, 0.2) is 46.9 Å². The van der Waals surface area contributed by atoms with Crippen LogP contribution in [-0.4, -0.2) is 10.9 Å². The minimum absolute atomic E-state index is 0.112. The Morgan fingerprint density at radius 3 is 2.80 bits per heavy atom. The van der Waals surface area contributed by atoms with E-state index in [4.69, 9.17) is 16.0 Å². The van der Waals surface area contributed by atoms with Crippen molar-refractivity contribution >= 4 is 34.3 Å². The Bertz CT molecular complexity index is 913. The number of carbonyl (C=O) groups is 1. The van der Waals surface area contributed by atoms with Crippen LogP contribution in [0.4, 0.5) is 5.69 Å². The van der Waals surface area contributed by atoms with Crippen LogP contribution >= 0.6 is 11.6 Å². The Labute approximate surface area is 151 Å². The minimum Gasteiger partial charge on any atom is -0.436 e. The maximum Gasteiger partial charge on any atom is 0.227 e. The van der Waals surface area contributed by atoms with Crippen LogP contribution in [0, 0.1) is 5.92 Å². The van der Waals surface area contributed by atoms with Gasteiger partial charge in [-0.15, -0.1) is 0 Å². The number of fused-ring (bicyclic) bond motifs is 1. The molecule has 0 spiro atoms. The molecule has 0 unspecified atom stereocenters. The fourth-order valence-electron chi connectivity index (χ4n) is 3.36. The van der Waals surface area contributed by atoms with Crippen molar-refractivity contribution in [2.75, 3.05) is 5.32 Å². The Kier molecular flexibility index (Phi) is 4.45. The predicted octanol–water partition coefficient (Wildman–Crippen LogP) is 5.67. The molecule has 0 radical (unpaired) electrons. The van der Waals surface area contributed by atoms with Gasteiger partial charge in [-0.2, -0.15) is 0 Å². The van der Waals surface area contributed by atoms with E-state index in [1.165, 1.54) is 6.42 Å². The zero-order valence-corrected chi connectivity index (χ0v) is 14.6.